The van der Waals surface area contributed by atoms with Crippen LogP contribution in [0.3, 0.4) is 0 Å². The van der Waals surface area contributed by atoms with Crippen molar-refractivity contribution in [3.05, 3.63) is 65.2 Å². The van der Waals surface area contributed by atoms with Gasteiger partial charge in [0.15, 0.2) is 0 Å². The van der Waals surface area contributed by atoms with Gasteiger partial charge in [0.2, 0.25) is 0 Å². The van der Waals surface area contributed by atoms with Crippen LogP contribution in [-0.2, 0) is 9.53 Å². The standard InChI is InChI=1S/C23H23N3O3/c27-22-20(17-10-4-5-11-18(17)25-22)21-16-9-3-2-8-15(16)19(29-21)14-24-23(28)26-12-6-1-7-13-26/h2-5,8-11,19H,1,6-7,12-14H2,(H,24,28)(H,25,27)/b21-20+. The Balaban J connectivity index is 1.42. The summed E-state index contributed by atoms with van der Waals surface area (Å²) in [7, 11) is 0. The van der Waals surface area contributed by atoms with Gasteiger partial charge in [-0.2, -0.15) is 0 Å². The fraction of sp³-hybridized carbons (Fsp3) is 0.304. The number of para-hydroxylation sites is 1. The Morgan fingerprint density at radius 1 is 1.03 bits per heavy atom. The molecule has 148 valence electrons. The van der Waals surface area contributed by atoms with Crippen molar-refractivity contribution in [3.63, 3.8) is 0 Å². The van der Waals surface area contributed by atoms with Crippen LogP contribution in [-0.4, -0.2) is 36.5 Å². The predicted molar refractivity (Wildman–Crippen MR) is 111 cm³/mol. The smallest absolute Gasteiger partial charge is 0.317 e. The first kappa shape index (κ1) is 17.8. The molecule has 2 aromatic rings. The average Bonchev–Trinajstić information content (AvgIpc) is 3.29. The number of nitrogens with zero attached hydrogens (tertiary/aromatic N) is 1. The van der Waals surface area contributed by atoms with Crippen molar-refractivity contribution < 1.29 is 14.3 Å². The van der Waals surface area contributed by atoms with Crippen molar-refractivity contribution in [3.8, 4) is 0 Å². The SMILES string of the molecule is O=C1Nc2ccccc2/C1=C1\OC(CNC(=O)N2CCCCC2)c2ccccc21. The molecule has 1 unspecified atom stereocenters. The Labute approximate surface area is 169 Å². The van der Waals surface area contributed by atoms with Gasteiger partial charge in [-0.15, -0.1) is 0 Å². The molecule has 5 rings (SSSR count). The third-order valence-corrected chi connectivity index (χ3v) is 5.79. The summed E-state index contributed by atoms with van der Waals surface area (Å²) < 4.78 is 6.27. The Morgan fingerprint density at radius 3 is 2.59 bits per heavy atom. The number of ether oxygens (including phenoxy) is 1. The van der Waals surface area contributed by atoms with E-state index >= 15 is 0 Å². The number of benzene rings is 2. The molecular weight excluding hydrogens is 366 g/mol. The average molecular weight is 389 g/mol. The van der Waals surface area contributed by atoms with Gasteiger partial charge in [-0.3, -0.25) is 4.79 Å². The van der Waals surface area contributed by atoms with Crippen LogP contribution in [0.5, 0.6) is 0 Å². The zero-order valence-corrected chi connectivity index (χ0v) is 16.1. The summed E-state index contributed by atoms with van der Waals surface area (Å²) >= 11 is 0. The van der Waals surface area contributed by atoms with Crippen molar-refractivity contribution in [2.75, 3.05) is 25.0 Å². The van der Waals surface area contributed by atoms with E-state index in [-0.39, 0.29) is 18.0 Å². The summed E-state index contributed by atoms with van der Waals surface area (Å²) in [6, 6.07) is 15.4. The second-order valence-electron chi connectivity index (χ2n) is 7.63. The highest BCUT2D eigenvalue weighted by Gasteiger charge is 2.36. The summed E-state index contributed by atoms with van der Waals surface area (Å²) in [5.74, 6) is 0.425. The lowest BCUT2D eigenvalue weighted by atomic mass is 9.99. The Morgan fingerprint density at radius 2 is 1.76 bits per heavy atom. The summed E-state index contributed by atoms with van der Waals surface area (Å²) in [5.41, 5.74) is 4.10. The Hall–Kier alpha value is -3.28. The lowest BCUT2D eigenvalue weighted by Gasteiger charge is -2.27. The van der Waals surface area contributed by atoms with Crippen molar-refractivity contribution in [2.24, 2.45) is 0 Å². The van der Waals surface area contributed by atoms with Gasteiger partial charge in [0.05, 0.1) is 12.1 Å². The molecule has 0 bridgehead atoms. The van der Waals surface area contributed by atoms with Gasteiger partial charge in [-0.25, -0.2) is 4.79 Å². The molecule has 3 heterocycles. The summed E-state index contributed by atoms with van der Waals surface area (Å²) in [5, 5.41) is 5.93. The van der Waals surface area contributed by atoms with Crippen LogP contribution in [0.15, 0.2) is 48.5 Å². The second-order valence-corrected chi connectivity index (χ2v) is 7.63. The Bertz CT molecular complexity index is 1010. The van der Waals surface area contributed by atoms with Crippen LogP contribution in [0.1, 0.15) is 42.1 Å². The predicted octanol–water partition coefficient (Wildman–Crippen LogP) is 3.77. The van der Waals surface area contributed by atoms with Gasteiger partial charge in [-0.05, 0) is 25.3 Å². The number of carbonyl (C=O) groups is 2. The fourth-order valence-electron chi connectivity index (χ4n) is 4.33. The van der Waals surface area contributed by atoms with Crippen LogP contribution in [0.25, 0.3) is 11.3 Å². The molecule has 3 aliphatic heterocycles. The van der Waals surface area contributed by atoms with Crippen molar-refractivity contribution in [1.82, 2.24) is 10.2 Å². The molecule has 0 aliphatic carbocycles. The van der Waals surface area contributed by atoms with E-state index in [0.717, 1.165) is 48.3 Å². The zero-order chi connectivity index (χ0) is 19.8. The van der Waals surface area contributed by atoms with Gasteiger partial charge >= 0.3 is 6.03 Å². The van der Waals surface area contributed by atoms with Crippen molar-refractivity contribution >= 4 is 29.0 Å². The van der Waals surface area contributed by atoms with E-state index in [0.29, 0.717) is 17.9 Å². The number of fused-ring (bicyclic) bond motifs is 2. The minimum atomic E-state index is -0.317. The molecule has 1 saturated heterocycles. The number of likely N-dealkylation sites (tertiary alicyclic amines) is 1. The van der Waals surface area contributed by atoms with E-state index in [4.69, 9.17) is 4.74 Å². The number of anilines is 1. The highest BCUT2D eigenvalue weighted by Crippen LogP contribution is 2.45. The van der Waals surface area contributed by atoms with Crippen LogP contribution in [0.4, 0.5) is 10.5 Å². The molecule has 2 aromatic carbocycles. The maximum absolute atomic E-state index is 12.7. The van der Waals surface area contributed by atoms with E-state index in [1.807, 2.05) is 53.4 Å². The molecule has 0 saturated carbocycles. The third-order valence-electron chi connectivity index (χ3n) is 5.79. The molecular formula is C23H23N3O3. The lowest BCUT2D eigenvalue weighted by molar-refractivity contribution is -0.110. The maximum Gasteiger partial charge on any atom is 0.317 e. The number of urea groups is 1. The molecule has 3 aliphatic rings. The number of hydrogen-bond donors (Lipinski definition) is 2. The molecule has 1 atom stereocenters. The number of rotatable bonds is 2. The normalized spacial score (nSPS) is 22.6. The van der Waals surface area contributed by atoms with Crippen LogP contribution in [0.2, 0.25) is 0 Å². The summed E-state index contributed by atoms with van der Waals surface area (Å²) in [6.45, 7) is 1.98. The fourth-order valence-corrected chi connectivity index (χ4v) is 4.33. The maximum atomic E-state index is 12.7. The van der Waals surface area contributed by atoms with Crippen molar-refractivity contribution in [2.45, 2.75) is 25.4 Å². The van der Waals surface area contributed by atoms with Gasteiger partial charge in [0, 0.05) is 35.5 Å². The van der Waals surface area contributed by atoms with Crippen LogP contribution in [0, 0.1) is 0 Å². The van der Waals surface area contributed by atoms with E-state index in [2.05, 4.69) is 10.6 Å². The minimum absolute atomic E-state index is 0.0455. The summed E-state index contributed by atoms with van der Waals surface area (Å²) in [4.78, 5) is 27.1. The van der Waals surface area contributed by atoms with Gasteiger partial charge in [0.25, 0.3) is 5.91 Å². The number of hydrogen-bond acceptors (Lipinski definition) is 3. The van der Waals surface area contributed by atoms with E-state index in [1.54, 1.807) is 0 Å². The molecule has 0 radical (unpaired) electrons. The monoisotopic (exact) mass is 389 g/mol. The molecule has 2 N–H and O–H groups in total. The largest absolute Gasteiger partial charge is 0.482 e. The van der Waals surface area contributed by atoms with Crippen LogP contribution >= 0.6 is 0 Å². The molecule has 29 heavy (non-hydrogen) atoms. The third kappa shape index (κ3) is 3.14. The quantitative estimate of drug-likeness (QED) is 0.768. The number of amides is 3. The van der Waals surface area contributed by atoms with Gasteiger partial charge in [0.1, 0.15) is 11.9 Å². The number of carbonyl (C=O) groups excluding carboxylic acids is 2. The first-order valence-electron chi connectivity index (χ1n) is 10.2. The topological polar surface area (TPSA) is 70.7 Å². The summed E-state index contributed by atoms with van der Waals surface area (Å²) in [6.07, 6.45) is 2.98. The molecule has 0 aromatic heterocycles. The van der Waals surface area contributed by atoms with E-state index in [9.17, 15) is 9.59 Å². The molecule has 3 amide bonds. The first-order valence-corrected chi connectivity index (χ1v) is 10.2. The number of nitrogens with one attached hydrogen (secondary N) is 2. The van der Waals surface area contributed by atoms with Gasteiger partial charge in [-0.1, -0.05) is 42.5 Å². The van der Waals surface area contributed by atoms with Gasteiger partial charge < -0.3 is 20.3 Å². The molecule has 6 heteroatoms. The zero-order valence-electron chi connectivity index (χ0n) is 16.1. The van der Waals surface area contributed by atoms with Crippen LogP contribution < -0.4 is 10.6 Å². The lowest BCUT2D eigenvalue weighted by Crippen LogP contribution is -2.43. The van der Waals surface area contributed by atoms with E-state index in [1.165, 1.54) is 6.42 Å². The van der Waals surface area contributed by atoms with E-state index < -0.39 is 0 Å². The Kier molecular flexibility index (Phi) is 4.46. The molecule has 0 spiro atoms. The number of piperidine rings is 1. The second kappa shape index (κ2) is 7.28. The highest BCUT2D eigenvalue weighted by atomic mass is 16.5. The molecule has 1 fully saturated rings. The first-order chi connectivity index (χ1) is 14.2. The van der Waals surface area contributed by atoms with Crippen molar-refractivity contribution in [1.29, 1.82) is 0 Å². The highest BCUT2D eigenvalue weighted by molar-refractivity contribution is 6.36. The molecule has 6 nitrogen and oxygen atoms in total. The minimum Gasteiger partial charge on any atom is -0.482 e.